The van der Waals surface area contributed by atoms with Crippen LogP contribution in [0.4, 0.5) is 0 Å². The summed E-state index contributed by atoms with van der Waals surface area (Å²) in [5, 5.41) is 3.94. The largest absolute Gasteiger partial charge is 0.486 e. The minimum atomic E-state index is 0.350. The highest BCUT2D eigenvalue weighted by Gasteiger charge is 2.17. The molecule has 0 amide bonds. The van der Waals surface area contributed by atoms with Gasteiger partial charge in [-0.3, -0.25) is 0 Å². The summed E-state index contributed by atoms with van der Waals surface area (Å²) in [5.74, 6) is 2.00. The quantitative estimate of drug-likeness (QED) is 0.735. The Balaban J connectivity index is 1.38. The Morgan fingerprint density at radius 3 is 2.71 bits per heavy atom. The van der Waals surface area contributed by atoms with E-state index in [1.165, 1.54) is 32.1 Å². The van der Waals surface area contributed by atoms with Crippen LogP contribution in [0.25, 0.3) is 0 Å². The molecule has 1 heterocycles. The van der Waals surface area contributed by atoms with Gasteiger partial charge >= 0.3 is 0 Å². The van der Waals surface area contributed by atoms with Crippen LogP contribution in [0.3, 0.4) is 0 Å². The lowest BCUT2D eigenvalue weighted by Crippen LogP contribution is -2.36. The number of likely N-dealkylation sites (N-methyl/N-ethyl adjacent to an activating group) is 1. The Morgan fingerprint density at radius 2 is 1.92 bits per heavy atom. The van der Waals surface area contributed by atoms with Crippen molar-refractivity contribution in [2.24, 2.45) is 0 Å². The van der Waals surface area contributed by atoms with Gasteiger partial charge < -0.3 is 18.9 Å². The highest BCUT2D eigenvalue weighted by molar-refractivity contribution is 5.21. The zero-order valence-corrected chi connectivity index (χ0v) is 14.3. The Hall–Kier alpha value is -2.01. The van der Waals surface area contributed by atoms with E-state index in [2.05, 4.69) is 17.1 Å². The van der Waals surface area contributed by atoms with E-state index < -0.39 is 0 Å². The lowest BCUT2D eigenvalue weighted by atomic mass is 9.94. The van der Waals surface area contributed by atoms with Gasteiger partial charge in [0, 0.05) is 18.7 Å². The van der Waals surface area contributed by atoms with E-state index >= 15 is 0 Å². The van der Waals surface area contributed by atoms with Crippen LogP contribution in [0, 0.1) is 0 Å². The van der Waals surface area contributed by atoms with Gasteiger partial charge in [-0.2, -0.15) is 0 Å². The highest BCUT2D eigenvalue weighted by Crippen LogP contribution is 2.21. The van der Waals surface area contributed by atoms with Crippen LogP contribution in [0.2, 0.25) is 0 Å². The van der Waals surface area contributed by atoms with Gasteiger partial charge in [-0.15, -0.1) is 0 Å². The molecule has 1 aromatic carbocycles. The van der Waals surface area contributed by atoms with E-state index in [4.69, 9.17) is 14.0 Å². The number of hydrogen-bond donors (Lipinski definition) is 0. The third-order valence-corrected chi connectivity index (χ3v) is 4.55. The fraction of sp³-hybridized carbons (Fsp3) is 0.526. The maximum Gasteiger partial charge on any atom is 0.254 e. The molecule has 24 heavy (non-hydrogen) atoms. The summed E-state index contributed by atoms with van der Waals surface area (Å²) in [7, 11) is 2.18. The van der Waals surface area contributed by atoms with Crippen LogP contribution < -0.4 is 9.47 Å². The van der Waals surface area contributed by atoms with E-state index in [-0.39, 0.29) is 0 Å². The summed E-state index contributed by atoms with van der Waals surface area (Å²) in [4.78, 5) is 2.40. The SMILES string of the molecule is CN(CCOc1cc(COc2ccccc2)on1)C1CCCCC1. The normalized spacial score (nSPS) is 15.6. The Labute approximate surface area is 143 Å². The summed E-state index contributed by atoms with van der Waals surface area (Å²) in [6.45, 7) is 1.88. The first-order valence-electron chi connectivity index (χ1n) is 8.78. The van der Waals surface area contributed by atoms with Crippen molar-refractivity contribution < 1.29 is 14.0 Å². The molecule has 0 aliphatic heterocycles. The molecule has 1 aliphatic carbocycles. The smallest absolute Gasteiger partial charge is 0.254 e. The fourth-order valence-electron chi connectivity index (χ4n) is 3.10. The van der Waals surface area contributed by atoms with Crippen LogP contribution in [0.15, 0.2) is 40.9 Å². The number of ether oxygens (including phenoxy) is 2. The maximum absolute atomic E-state index is 5.70. The van der Waals surface area contributed by atoms with Crippen molar-refractivity contribution in [1.29, 1.82) is 0 Å². The molecule has 0 spiro atoms. The lowest BCUT2D eigenvalue weighted by Gasteiger charge is -2.30. The summed E-state index contributed by atoms with van der Waals surface area (Å²) in [5.41, 5.74) is 0. The number of aromatic nitrogens is 1. The Kier molecular flexibility index (Phi) is 6.13. The number of hydrogen-bond acceptors (Lipinski definition) is 5. The van der Waals surface area contributed by atoms with Crippen molar-refractivity contribution in [3.63, 3.8) is 0 Å². The first-order valence-corrected chi connectivity index (χ1v) is 8.78. The van der Waals surface area contributed by atoms with Gasteiger partial charge in [0.1, 0.15) is 19.0 Å². The summed E-state index contributed by atoms with van der Waals surface area (Å²) >= 11 is 0. The van der Waals surface area contributed by atoms with Crippen molar-refractivity contribution in [1.82, 2.24) is 10.1 Å². The number of para-hydroxylation sites is 1. The molecule has 0 atom stereocenters. The molecule has 0 N–H and O–H groups in total. The van der Waals surface area contributed by atoms with Crippen LogP contribution in [0.5, 0.6) is 11.6 Å². The van der Waals surface area contributed by atoms with Crippen molar-refractivity contribution in [2.75, 3.05) is 20.2 Å². The zero-order valence-electron chi connectivity index (χ0n) is 14.3. The molecular formula is C19H26N2O3. The van der Waals surface area contributed by atoms with E-state index in [1.54, 1.807) is 6.07 Å². The predicted octanol–water partition coefficient (Wildman–Crippen LogP) is 3.90. The van der Waals surface area contributed by atoms with E-state index in [1.807, 2.05) is 30.3 Å². The second-order valence-corrected chi connectivity index (χ2v) is 6.35. The molecule has 0 saturated heterocycles. The topological polar surface area (TPSA) is 47.7 Å². The molecule has 0 unspecified atom stereocenters. The number of rotatable bonds is 8. The molecule has 1 aliphatic rings. The van der Waals surface area contributed by atoms with Gasteiger partial charge in [0.15, 0.2) is 5.76 Å². The fourth-order valence-corrected chi connectivity index (χ4v) is 3.10. The summed E-state index contributed by atoms with van der Waals surface area (Å²) < 4.78 is 16.6. The lowest BCUT2D eigenvalue weighted by molar-refractivity contribution is 0.155. The number of nitrogens with zero attached hydrogens (tertiary/aromatic N) is 2. The Bertz CT molecular complexity index is 594. The minimum absolute atomic E-state index is 0.350. The van der Waals surface area contributed by atoms with Crippen molar-refractivity contribution in [2.45, 2.75) is 44.8 Å². The van der Waals surface area contributed by atoms with Crippen molar-refractivity contribution in [3.05, 3.63) is 42.2 Å². The molecule has 0 bridgehead atoms. The van der Waals surface area contributed by atoms with Gasteiger partial charge in [0.2, 0.25) is 0 Å². The monoisotopic (exact) mass is 330 g/mol. The van der Waals surface area contributed by atoms with Gasteiger partial charge in [-0.05, 0) is 37.2 Å². The van der Waals surface area contributed by atoms with Gasteiger partial charge in [-0.1, -0.05) is 37.5 Å². The zero-order chi connectivity index (χ0) is 16.6. The Morgan fingerprint density at radius 1 is 1.12 bits per heavy atom. The molecule has 1 fully saturated rings. The van der Waals surface area contributed by atoms with E-state index in [9.17, 15) is 0 Å². The molecule has 3 rings (SSSR count). The molecular weight excluding hydrogens is 304 g/mol. The van der Waals surface area contributed by atoms with Crippen LogP contribution in [-0.2, 0) is 6.61 Å². The maximum atomic E-state index is 5.70. The average molecular weight is 330 g/mol. The molecule has 130 valence electrons. The highest BCUT2D eigenvalue weighted by atomic mass is 16.5. The third-order valence-electron chi connectivity index (χ3n) is 4.55. The predicted molar refractivity (Wildman–Crippen MR) is 92.3 cm³/mol. The van der Waals surface area contributed by atoms with Gasteiger partial charge in [-0.25, -0.2) is 0 Å². The van der Waals surface area contributed by atoms with Crippen molar-refractivity contribution >= 4 is 0 Å². The van der Waals surface area contributed by atoms with Crippen LogP contribution in [-0.4, -0.2) is 36.3 Å². The van der Waals surface area contributed by atoms with E-state index in [0.717, 1.165) is 12.3 Å². The molecule has 2 aromatic rings. The van der Waals surface area contributed by atoms with Crippen LogP contribution in [0.1, 0.15) is 37.9 Å². The molecule has 1 saturated carbocycles. The first kappa shape index (κ1) is 16.8. The first-order chi connectivity index (χ1) is 11.8. The molecule has 1 aromatic heterocycles. The van der Waals surface area contributed by atoms with Crippen molar-refractivity contribution in [3.8, 4) is 11.6 Å². The third kappa shape index (κ3) is 4.99. The summed E-state index contributed by atoms with van der Waals surface area (Å²) in [6, 6.07) is 12.2. The second kappa shape index (κ2) is 8.73. The molecule has 5 nitrogen and oxygen atoms in total. The molecule has 0 radical (unpaired) electrons. The van der Waals surface area contributed by atoms with Crippen LogP contribution >= 0.6 is 0 Å². The minimum Gasteiger partial charge on any atom is -0.486 e. The average Bonchev–Trinajstić information content (AvgIpc) is 3.09. The summed E-state index contributed by atoms with van der Waals surface area (Å²) in [6.07, 6.45) is 6.70. The van der Waals surface area contributed by atoms with E-state index in [0.29, 0.717) is 30.9 Å². The van der Waals surface area contributed by atoms with Gasteiger partial charge in [0.25, 0.3) is 5.88 Å². The van der Waals surface area contributed by atoms with Gasteiger partial charge in [0.05, 0.1) is 0 Å². The second-order valence-electron chi connectivity index (χ2n) is 6.35. The molecule has 5 heteroatoms. The number of benzene rings is 1. The standard InChI is InChI=1S/C19H26N2O3/c1-21(16-8-4-2-5-9-16)12-13-22-19-14-18(24-20-19)15-23-17-10-6-3-7-11-17/h3,6-7,10-11,14,16H,2,4-5,8-9,12-13,15H2,1H3.